The Bertz CT molecular complexity index is 314. The lowest BCUT2D eigenvalue weighted by molar-refractivity contribution is -0.172. The summed E-state index contributed by atoms with van der Waals surface area (Å²) in [6, 6.07) is 0. The summed E-state index contributed by atoms with van der Waals surface area (Å²) in [5.74, 6) is -0.574. The molecular weight excluding hydrogens is 206 g/mol. The van der Waals surface area contributed by atoms with E-state index in [2.05, 4.69) is 23.9 Å². The van der Waals surface area contributed by atoms with E-state index >= 15 is 0 Å². The topological polar surface area (TPSA) is 49.2 Å². The second kappa shape index (κ2) is 4.51. The summed E-state index contributed by atoms with van der Waals surface area (Å²) < 4.78 is 13.7. The van der Waals surface area contributed by atoms with Crippen LogP contribution in [-0.4, -0.2) is 32.8 Å². The van der Waals surface area contributed by atoms with Gasteiger partial charge in [-0.05, 0) is 19.8 Å². The first-order valence-corrected chi connectivity index (χ1v) is 5.85. The Morgan fingerprint density at radius 1 is 1.25 bits per heavy atom. The van der Waals surface area contributed by atoms with E-state index in [-0.39, 0.29) is 12.2 Å². The molecule has 2 rings (SSSR count). The molecule has 0 aliphatic carbocycles. The molecule has 5 nitrogen and oxygen atoms in total. The van der Waals surface area contributed by atoms with Crippen LogP contribution in [-0.2, 0) is 16.0 Å². The molecule has 0 aromatic carbocycles. The zero-order valence-electron chi connectivity index (χ0n) is 10.1. The highest BCUT2D eigenvalue weighted by Gasteiger charge is 2.43. The molecule has 1 saturated heterocycles. The molecule has 0 N–H and O–H groups in total. The van der Waals surface area contributed by atoms with Gasteiger partial charge in [0, 0.05) is 0 Å². The molecule has 1 aromatic heterocycles. The van der Waals surface area contributed by atoms with Crippen LogP contribution in [0, 0.1) is 0 Å². The highest BCUT2D eigenvalue weighted by atomic mass is 16.8. The van der Waals surface area contributed by atoms with Crippen molar-refractivity contribution in [2.24, 2.45) is 0 Å². The molecule has 0 bridgehead atoms. The van der Waals surface area contributed by atoms with Crippen LogP contribution in [0.25, 0.3) is 0 Å². The quantitative estimate of drug-likeness (QED) is 0.781. The molecule has 2 heterocycles. The minimum absolute atomic E-state index is 0.193. The molecule has 1 fully saturated rings. The number of hydrogen-bond donors (Lipinski definition) is 0. The minimum Gasteiger partial charge on any atom is -0.342 e. The molecule has 2 unspecified atom stereocenters. The van der Waals surface area contributed by atoms with E-state index < -0.39 is 5.79 Å². The number of nitrogens with zero attached hydrogens (tertiary/aromatic N) is 3. The summed E-state index contributed by atoms with van der Waals surface area (Å²) in [5, 5.41) is 4.07. The fraction of sp³-hybridized carbons (Fsp3) is 0.818. The molecule has 1 aliphatic heterocycles. The first kappa shape index (κ1) is 11.5. The summed E-state index contributed by atoms with van der Waals surface area (Å²) in [5.41, 5.74) is 0. The molecular formula is C11H19N3O2. The van der Waals surface area contributed by atoms with Crippen molar-refractivity contribution in [3.05, 3.63) is 12.7 Å². The zero-order chi connectivity index (χ0) is 11.6. The predicted octanol–water partition coefficient (Wildman–Crippen LogP) is 1.60. The lowest BCUT2D eigenvalue weighted by atomic mass is 10.1. The maximum Gasteiger partial charge on any atom is 0.186 e. The molecule has 2 atom stereocenters. The van der Waals surface area contributed by atoms with Crippen LogP contribution < -0.4 is 0 Å². The third-order valence-corrected chi connectivity index (χ3v) is 2.94. The van der Waals surface area contributed by atoms with Gasteiger partial charge in [0.2, 0.25) is 0 Å². The third kappa shape index (κ3) is 2.25. The number of rotatable bonds is 4. The molecule has 1 aromatic rings. The Morgan fingerprint density at radius 2 is 1.88 bits per heavy atom. The maximum atomic E-state index is 5.96. The summed E-state index contributed by atoms with van der Waals surface area (Å²) in [6.45, 7) is 6.79. The molecule has 5 heteroatoms. The third-order valence-electron chi connectivity index (χ3n) is 2.94. The van der Waals surface area contributed by atoms with Crippen LogP contribution in [0.4, 0.5) is 0 Å². The van der Waals surface area contributed by atoms with E-state index in [0.29, 0.717) is 6.54 Å². The van der Waals surface area contributed by atoms with Crippen LogP contribution in [0.1, 0.15) is 33.6 Å². The number of hydrogen-bond acceptors (Lipinski definition) is 4. The van der Waals surface area contributed by atoms with E-state index in [9.17, 15) is 0 Å². The smallest absolute Gasteiger partial charge is 0.186 e. The summed E-state index contributed by atoms with van der Waals surface area (Å²) >= 11 is 0. The van der Waals surface area contributed by atoms with Crippen LogP contribution in [0.3, 0.4) is 0 Å². The molecule has 0 saturated carbocycles. The second-order valence-electron chi connectivity index (χ2n) is 4.36. The van der Waals surface area contributed by atoms with Gasteiger partial charge in [0.15, 0.2) is 5.79 Å². The van der Waals surface area contributed by atoms with E-state index in [4.69, 9.17) is 9.47 Å². The zero-order valence-corrected chi connectivity index (χ0v) is 10.1. The standard InChI is InChI=1S/C11H19N3O2/c1-4-9-10(5-2)16-11(3,15-9)6-14-8-12-7-13-14/h7-10H,4-6H2,1-3H3. The predicted molar refractivity (Wildman–Crippen MR) is 58.8 cm³/mol. The second-order valence-corrected chi connectivity index (χ2v) is 4.36. The summed E-state index contributed by atoms with van der Waals surface area (Å²) in [4.78, 5) is 3.91. The molecule has 16 heavy (non-hydrogen) atoms. The lowest BCUT2D eigenvalue weighted by Gasteiger charge is -2.22. The van der Waals surface area contributed by atoms with Gasteiger partial charge in [-0.2, -0.15) is 5.10 Å². The van der Waals surface area contributed by atoms with Crippen molar-refractivity contribution in [1.82, 2.24) is 14.8 Å². The average molecular weight is 225 g/mol. The Balaban J connectivity index is 2.04. The van der Waals surface area contributed by atoms with Gasteiger partial charge in [0.25, 0.3) is 0 Å². The van der Waals surface area contributed by atoms with Crippen molar-refractivity contribution in [1.29, 1.82) is 0 Å². The average Bonchev–Trinajstić information content (AvgIpc) is 2.86. The number of ether oxygens (including phenoxy) is 2. The first-order chi connectivity index (χ1) is 7.67. The van der Waals surface area contributed by atoms with Crippen molar-refractivity contribution >= 4 is 0 Å². The van der Waals surface area contributed by atoms with Gasteiger partial charge in [-0.15, -0.1) is 0 Å². The Morgan fingerprint density at radius 3 is 2.31 bits per heavy atom. The van der Waals surface area contributed by atoms with Crippen molar-refractivity contribution in [2.75, 3.05) is 0 Å². The SMILES string of the molecule is CCC1OC(C)(Cn2cncn2)OC1CC. The fourth-order valence-corrected chi connectivity index (χ4v) is 2.20. The molecule has 90 valence electrons. The van der Waals surface area contributed by atoms with Crippen LogP contribution >= 0.6 is 0 Å². The van der Waals surface area contributed by atoms with Gasteiger partial charge in [0.1, 0.15) is 12.7 Å². The molecule has 1 aliphatic rings. The van der Waals surface area contributed by atoms with Gasteiger partial charge in [-0.25, -0.2) is 9.67 Å². The Kier molecular flexibility index (Phi) is 3.25. The summed E-state index contributed by atoms with van der Waals surface area (Å²) in [6.07, 6.45) is 5.54. The van der Waals surface area contributed by atoms with Gasteiger partial charge < -0.3 is 9.47 Å². The van der Waals surface area contributed by atoms with Crippen LogP contribution in [0.2, 0.25) is 0 Å². The number of aromatic nitrogens is 3. The molecule has 0 radical (unpaired) electrons. The van der Waals surface area contributed by atoms with Gasteiger partial charge in [0.05, 0.1) is 18.8 Å². The van der Waals surface area contributed by atoms with Crippen LogP contribution in [0.5, 0.6) is 0 Å². The van der Waals surface area contributed by atoms with Crippen molar-refractivity contribution in [3.8, 4) is 0 Å². The van der Waals surface area contributed by atoms with Gasteiger partial charge in [-0.3, -0.25) is 0 Å². The highest BCUT2D eigenvalue weighted by Crippen LogP contribution is 2.32. The van der Waals surface area contributed by atoms with E-state index in [1.165, 1.54) is 6.33 Å². The summed E-state index contributed by atoms with van der Waals surface area (Å²) in [7, 11) is 0. The largest absolute Gasteiger partial charge is 0.342 e. The van der Waals surface area contributed by atoms with Crippen molar-refractivity contribution in [2.45, 2.75) is 58.2 Å². The van der Waals surface area contributed by atoms with Crippen molar-refractivity contribution < 1.29 is 9.47 Å². The lowest BCUT2D eigenvalue weighted by Crippen LogP contribution is -2.33. The Hall–Kier alpha value is -0.940. The minimum atomic E-state index is -0.574. The fourth-order valence-electron chi connectivity index (χ4n) is 2.20. The first-order valence-electron chi connectivity index (χ1n) is 5.85. The normalized spacial score (nSPS) is 34.4. The Labute approximate surface area is 95.8 Å². The monoisotopic (exact) mass is 225 g/mol. The van der Waals surface area contributed by atoms with Crippen LogP contribution in [0.15, 0.2) is 12.7 Å². The van der Waals surface area contributed by atoms with Gasteiger partial charge >= 0.3 is 0 Å². The molecule has 0 spiro atoms. The van der Waals surface area contributed by atoms with E-state index in [1.807, 2.05) is 6.92 Å². The van der Waals surface area contributed by atoms with Crippen molar-refractivity contribution in [3.63, 3.8) is 0 Å². The van der Waals surface area contributed by atoms with E-state index in [0.717, 1.165) is 12.8 Å². The van der Waals surface area contributed by atoms with Gasteiger partial charge in [-0.1, -0.05) is 13.8 Å². The highest BCUT2D eigenvalue weighted by molar-refractivity contribution is 4.82. The molecule has 0 amide bonds. The van der Waals surface area contributed by atoms with E-state index in [1.54, 1.807) is 11.0 Å². The maximum absolute atomic E-state index is 5.96.